The second kappa shape index (κ2) is 9.19. The Labute approximate surface area is 107 Å². The maximum Gasteiger partial charge on any atom is 0.305 e. The minimum Gasteiger partial charge on any atom is -0.466 e. The number of esters is 1. The summed E-state index contributed by atoms with van der Waals surface area (Å²) < 4.78 is 4.87. The molecule has 0 spiro atoms. The zero-order valence-corrected chi connectivity index (χ0v) is 11.2. The molecule has 1 rings (SSSR count). The number of hydrogen-bond acceptors (Lipinski definition) is 4. The Bertz CT molecular complexity index is 298. The highest BCUT2D eigenvalue weighted by Crippen LogP contribution is 2.07. The predicted octanol–water partition coefficient (Wildman–Crippen LogP) is 2.96. The fourth-order valence-electron chi connectivity index (χ4n) is 1.55. The van der Waals surface area contributed by atoms with E-state index in [1.165, 1.54) is 4.88 Å². The van der Waals surface area contributed by atoms with Crippen LogP contribution >= 0.6 is 11.3 Å². The van der Waals surface area contributed by atoms with E-state index in [9.17, 15) is 4.79 Å². The second-order valence-electron chi connectivity index (χ2n) is 3.87. The van der Waals surface area contributed by atoms with E-state index >= 15 is 0 Å². The molecule has 4 heteroatoms. The Morgan fingerprint density at radius 1 is 1.41 bits per heavy atom. The smallest absolute Gasteiger partial charge is 0.305 e. The number of thiophene rings is 1. The van der Waals surface area contributed by atoms with Crippen LogP contribution in [0.15, 0.2) is 17.5 Å². The van der Waals surface area contributed by atoms with Gasteiger partial charge in [0, 0.05) is 17.8 Å². The van der Waals surface area contributed by atoms with E-state index in [0.717, 1.165) is 32.4 Å². The number of carbonyl (C=O) groups excluding carboxylic acids is 1. The third kappa shape index (κ3) is 7.13. The first kappa shape index (κ1) is 14.2. The van der Waals surface area contributed by atoms with Gasteiger partial charge < -0.3 is 10.1 Å². The van der Waals surface area contributed by atoms with E-state index in [1.807, 2.05) is 6.92 Å². The summed E-state index contributed by atoms with van der Waals surface area (Å²) in [7, 11) is 0. The van der Waals surface area contributed by atoms with Gasteiger partial charge in [-0.2, -0.15) is 0 Å². The van der Waals surface area contributed by atoms with E-state index in [-0.39, 0.29) is 5.97 Å². The zero-order valence-electron chi connectivity index (χ0n) is 10.4. The molecule has 0 amide bonds. The van der Waals surface area contributed by atoms with Gasteiger partial charge in [0.05, 0.1) is 6.61 Å². The molecule has 0 bridgehead atoms. The summed E-state index contributed by atoms with van der Waals surface area (Å²) in [6.45, 7) is 4.30. The van der Waals surface area contributed by atoms with Crippen LogP contribution in [-0.2, 0) is 16.1 Å². The minimum absolute atomic E-state index is 0.0703. The highest BCUT2D eigenvalue weighted by molar-refractivity contribution is 7.09. The van der Waals surface area contributed by atoms with Gasteiger partial charge in [0.15, 0.2) is 0 Å². The Kier molecular flexibility index (Phi) is 7.67. The SMILES string of the molecule is CCOC(=O)CCCCCNCc1cccs1. The van der Waals surface area contributed by atoms with E-state index in [4.69, 9.17) is 4.74 Å². The topological polar surface area (TPSA) is 38.3 Å². The summed E-state index contributed by atoms with van der Waals surface area (Å²) in [6, 6.07) is 4.21. The average molecular weight is 255 g/mol. The largest absolute Gasteiger partial charge is 0.466 e. The van der Waals surface area contributed by atoms with E-state index in [1.54, 1.807) is 11.3 Å². The summed E-state index contributed by atoms with van der Waals surface area (Å²) in [5.74, 6) is -0.0703. The van der Waals surface area contributed by atoms with E-state index in [2.05, 4.69) is 22.8 Å². The van der Waals surface area contributed by atoms with Crippen LogP contribution in [0.4, 0.5) is 0 Å². The summed E-state index contributed by atoms with van der Waals surface area (Å²) in [5.41, 5.74) is 0. The molecular formula is C13H21NO2S. The van der Waals surface area contributed by atoms with Gasteiger partial charge in [-0.15, -0.1) is 11.3 Å². The lowest BCUT2D eigenvalue weighted by molar-refractivity contribution is -0.143. The maximum atomic E-state index is 11.1. The van der Waals surface area contributed by atoms with Gasteiger partial charge in [0.25, 0.3) is 0 Å². The molecule has 1 N–H and O–H groups in total. The third-order valence-electron chi connectivity index (χ3n) is 2.42. The monoisotopic (exact) mass is 255 g/mol. The van der Waals surface area contributed by atoms with Crippen LogP contribution in [-0.4, -0.2) is 19.1 Å². The molecule has 3 nitrogen and oxygen atoms in total. The number of unbranched alkanes of at least 4 members (excludes halogenated alkanes) is 2. The van der Waals surface area contributed by atoms with Crippen molar-refractivity contribution in [1.82, 2.24) is 5.32 Å². The number of hydrogen-bond donors (Lipinski definition) is 1. The van der Waals surface area contributed by atoms with Crippen LogP contribution in [0.5, 0.6) is 0 Å². The molecule has 0 radical (unpaired) electrons. The number of ether oxygens (including phenoxy) is 1. The number of rotatable bonds is 9. The molecule has 1 aromatic rings. The summed E-state index contributed by atoms with van der Waals surface area (Å²) in [5, 5.41) is 5.49. The van der Waals surface area contributed by atoms with Gasteiger partial charge in [-0.1, -0.05) is 12.5 Å². The van der Waals surface area contributed by atoms with Crippen molar-refractivity contribution in [2.24, 2.45) is 0 Å². The molecule has 0 aliphatic rings. The highest BCUT2D eigenvalue weighted by atomic mass is 32.1. The highest BCUT2D eigenvalue weighted by Gasteiger charge is 2.00. The van der Waals surface area contributed by atoms with Crippen molar-refractivity contribution in [2.75, 3.05) is 13.2 Å². The first-order chi connectivity index (χ1) is 8.33. The minimum atomic E-state index is -0.0703. The van der Waals surface area contributed by atoms with Crippen LogP contribution in [0, 0.1) is 0 Å². The van der Waals surface area contributed by atoms with E-state index < -0.39 is 0 Å². The van der Waals surface area contributed by atoms with Crippen molar-refractivity contribution in [3.63, 3.8) is 0 Å². The van der Waals surface area contributed by atoms with Crippen molar-refractivity contribution in [3.8, 4) is 0 Å². The fourth-order valence-corrected chi connectivity index (χ4v) is 2.23. The first-order valence-electron chi connectivity index (χ1n) is 6.21. The van der Waals surface area contributed by atoms with Crippen molar-refractivity contribution in [1.29, 1.82) is 0 Å². The Morgan fingerprint density at radius 2 is 2.29 bits per heavy atom. The van der Waals surface area contributed by atoms with Gasteiger partial charge in [-0.3, -0.25) is 4.79 Å². The lowest BCUT2D eigenvalue weighted by Gasteiger charge is -2.03. The van der Waals surface area contributed by atoms with Crippen LogP contribution < -0.4 is 5.32 Å². The number of nitrogens with one attached hydrogen (secondary N) is 1. The van der Waals surface area contributed by atoms with Crippen LogP contribution in [0.2, 0.25) is 0 Å². The molecule has 0 atom stereocenters. The van der Waals surface area contributed by atoms with Crippen LogP contribution in [0.25, 0.3) is 0 Å². The summed E-state index contributed by atoms with van der Waals surface area (Å²) in [4.78, 5) is 12.4. The molecule has 17 heavy (non-hydrogen) atoms. The fraction of sp³-hybridized carbons (Fsp3) is 0.615. The molecule has 0 unspecified atom stereocenters. The van der Waals surface area contributed by atoms with Gasteiger partial charge in [0.1, 0.15) is 0 Å². The number of carbonyl (C=O) groups is 1. The van der Waals surface area contributed by atoms with E-state index in [0.29, 0.717) is 13.0 Å². The van der Waals surface area contributed by atoms with Crippen LogP contribution in [0.3, 0.4) is 0 Å². The normalized spacial score (nSPS) is 10.4. The van der Waals surface area contributed by atoms with Gasteiger partial charge in [-0.25, -0.2) is 0 Å². The Morgan fingerprint density at radius 3 is 3.00 bits per heavy atom. The van der Waals surface area contributed by atoms with Gasteiger partial charge in [-0.05, 0) is 37.8 Å². The lowest BCUT2D eigenvalue weighted by atomic mass is 10.2. The van der Waals surface area contributed by atoms with Crippen molar-refractivity contribution in [2.45, 2.75) is 39.2 Å². The molecule has 1 aromatic heterocycles. The standard InChI is InChI=1S/C13H21NO2S/c1-2-16-13(15)8-4-3-5-9-14-11-12-7-6-10-17-12/h6-7,10,14H,2-5,8-9,11H2,1H3. The molecule has 0 aliphatic heterocycles. The van der Waals surface area contributed by atoms with Crippen LogP contribution in [0.1, 0.15) is 37.5 Å². The first-order valence-corrected chi connectivity index (χ1v) is 7.09. The lowest BCUT2D eigenvalue weighted by Crippen LogP contribution is -2.13. The van der Waals surface area contributed by atoms with Gasteiger partial charge >= 0.3 is 5.97 Å². The summed E-state index contributed by atoms with van der Waals surface area (Å²) in [6.07, 6.45) is 3.68. The summed E-state index contributed by atoms with van der Waals surface area (Å²) >= 11 is 1.78. The van der Waals surface area contributed by atoms with Crippen molar-refractivity contribution in [3.05, 3.63) is 22.4 Å². The quantitative estimate of drug-likeness (QED) is 0.544. The molecule has 0 aromatic carbocycles. The molecular weight excluding hydrogens is 234 g/mol. The second-order valence-corrected chi connectivity index (χ2v) is 4.90. The molecule has 0 saturated heterocycles. The average Bonchev–Trinajstić information content (AvgIpc) is 2.81. The van der Waals surface area contributed by atoms with Crippen molar-refractivity contribution < 1.29 is 9.53 Å². The third-order valence-corrected chi connectivity index (χ3v) is 3.30. The molecule has 1 heterocycles. The molecule has 0 aliphatic carbocycles. The van der Waals surface area contributed by atoms with Crippen molar-refractivity contribution >= 4 is 17.3 Å². The molecule has 0 fully saturated rings. The maximum absolute atomic E-state index is 11.1. The molecule has 0 saturated carbocycles. The van der Waals surface area contributed by atoms with Gasteiger partial charge in [0.2, 0.25) is 0 Å². The Balaban J connectivity index is 1.86. The molecule has 96 valence electrons. The Hall–Kier alpha value is -0.870. The predicted molar refractivity (Wildman–Crippen MR) is 71.1 cm³/mol. The zero-order chi connectivity index (χ0) is 12.3.